The van der Waals surface area contributed by atoms with Crippen molar-refractivity contribution in [2.24, 2.45) is 5.10 Å². The Morgan fingerprint density at radius 3 is 2.43 bits per heavy atom. The van der Waals surface area contributed by atoms with Crippen molar-refractivity contribution in [3.05, 3.63) is 44.4 Å². The Morgan fingerprint density at radius 2 is 1.91 bits per heavy atom. The number of hydrogen-bond acceptors (Lipinski definition) is 5. The first-order chi connectivity index (χ1) is 10.8. The highest BCUT2D eigenvalue weighted by Crippen LogP contribution is 2.20. The molecule has 1 N–H and O–H groups in total. The molecule has 0 radical (unpaired) electrons. The van der Waals surface area contributed by atoms with Gasteiger partial charge < -0.3 is 4.57 Å². The topological polar surface area (TPSA) is 63.5 Å². The molecule has 0 aliphatic rings. The smallest absolute Gasteiger partial charge is 0.276 e. The quantitative estimate of drug-likeness (QED) is 0.497. The van der Waals surface area contributed by atoms with Gasteiger partial charge in [-0.3, -0.25) is 0 Å². The zero-order valence-electron chi connectivity index (χ0n) is 13.5. The van der Waals surface area contributed by atoms with E-state index in [9.17, 15) is 8.42 Å². The van der Waals surface area contributed by atoms with Gasteiger partial charge in [0.15, 0.2) is 3.95 Å². The molecule has 124 valence electrons. The number of aryl methyl sites for hydroxylation is 1. The Kier molecular flexibility index (Phi) is 5.38. The number of hydrazone groups is 1. The molecule has 2 rings (SSSR count). The average molecular weight is 370 g/mol. The largest absolute Gasteiger partial charge is 0.327 e. The summed E-state index contributed by atoms with van der Waals surface area (Å²) in [6, 6.07) is 6.63. The number of thiazole rings is 1. The van der Waals surface area contributed by atoms with Crippen LogP contribution in [-0.4, -0.2) is 18.7 Å². The van der Waals surface area contributed by atoms with Crippen LogP contribution in [0.2, 0.25) is 0 Å². The van der Waals surface area contributed by atoms with E-state index in [4.69, 9.17) is 12.2 Å². The molecular weight excluding hydrogens is 350 g/mol. The molecule has 5 nitrogen and oxygen atoms in total. The second-order valence-electron chi connectivity index (χ2n) is 5.13. The number of hydrogen-bond donors (Lipinski definition) is 1. The van der Waals surface area contributed by atoms with E-state index in [1.165, 1.54) is 11.3 Å². The fourth-order valence-corrected chi connectivity index (χ4v) is 4.50. The van der Waals surface area contributed by atoms with Gasteiger partial charge in [-0.1, -0.05) is 17.7 Å². The molecule has 0 bridgehead atoms. The van der Waals surface area contributed by atoms with E-state index in [1.807, 2.05) is 25.3 Å². The summed E-state index contributed by atoms with van der Waals surface area (Å²) in [6.45, 7) is 8.43. The summed E-state index contributed by atoms with van der Waals surface area (Å²) in [5.41, 5.74) is 2.60. The van der Waals surface area contributed by atoms with E-state index >= 15 is 0 Å². The molecule has 8 heteroatoms. The second-order valence-corrected chi connectivity index (χ2v) is 8.44. The van der Waals surface area contributed by atoms with Gasteiger partial charge in [-0.05, 0) is 52.0 Å². The SMILES string of the molecule is CCn1c(C)c(/C(C)=N/NS(=O)(=O)c2ccc(C)cc2)sc1=S. The van der Waals surface area contributed by atoms with Gasteiger partial charge >= 0.3 is 0 Å². The van der Waals surface area contributed by atoms with E-state index < -0.39 is 10.0 Å². The normalized spacial score (nSPS) is 12.4. The zero-order valence-corrected chi connectivity index (χ0v) is 15.9. The van der Waals surface area contributed by atoms with Crippen molar-refractivity contribution in [2.45, 2.75) is 39.1 Å². The van der Waals surface area contributed by atoms with Crippen molar-refractivity contribution in [3.8, 4) is 0 Å². The molecule has 0 amide bonds. The minimum atomic E-state index is -3.67. The van der Waals surface area contributed by atoms with E-state index in [0.717, 1.165) is 26.6 Å². The molecule has 0 saturated heterocycles. The lowest BCUT2D eigenvalue weighted by Crippen LogP contribution is -2.20. The van der Waals surface area contributed by atoms with Crippen LogP contribution in [0.15, 0.2) is 34.3 Å². The molecule has 0 spiro atoms. The molecule has 0 aliphatic heterocycles. The Balaban J connectivity index is 2.29. The van der Waals surface area contributed by atoms with Crippen molar-refractivity contribution < 1.29 is 8.42 Å². The van der Waals surface area contributed by atoms with Crippen LogP contribution in [0.3, 0.4) is 0 Å². The molecule has 1 aromatic heterocycles. The monoisotopic (exact) mass is 369 g/mol. The standard InChI is InChI=1S/C15H19N3O2S3/c1-5-18-12(4)14(22-15(18)21)11(3)16-17-23(19,20)13-8-6-10(2)7-9-13/h6-9,17H,5H2,1-4H3/b16-11+. The fraction of sp³-hybridized carbons (Fsp3) is 0.333. The van der Waals surface area contributed by atoms with Crippen molar-refractivity contribution >= 4 is 39.3 Å². The molecule has 0 atom stereocenters. The minimum Gasteiger partial charge on any atom is -0.327 e. The van der Waals surface area contributed by atoms with Gasteiger partial charge in [0, 0.05) is 12.2 Å². The van der Waals surface area contributed by atoms with Gasteiger partial charge in [0.1, 0.15) is 0 Å². The van der Waals surface area contributed by atoms with Crippen LogP contribution in [-0.2, 0) is 16.6 Å². The molecule has 0 saturated carbocycles. The van der Waals surface area contributed by atoms with Crippen LogP contribution >= 0.6 is 23.6 Å². The van der Waals surface area contributed by atoms with Crippen LogP contribution < -0.4 is 4.83 Å². The lowest BCUT2D eigenvalue weighted by atomic mass is 10.2. The Bertz CT molecular complexity index is 891. The lowest BCUT2D eigenvalue weighted by molar-refractivity contribution is 0.584. The average Bonchev–Trinajstić information content (AvgIpc) is 2.79. The lowest BCUT2D eigenvalue weighted by Gasteiger charge is -2.06. The zero-order chi connectivity index (χ0) is 17.2. The maximum absolute atomic E-state index is 12.3. The predicted octanol–water partition coefficient (Wildman–Crippen LogP) is 3.62. The fourth-order valence-electron chi connectivity index (χ4n) is 2.13. The van der Waals surface area contributed by atoms with Gasteiger partial charge in [-0.2, -0.15) is 18.4 Å². The molecule has 0 fully saturated rings. The summed E-state index contributed by atoms with van der Waals surface area (Å²) >= 11 is 6.75. The first-order valence-corrected chi connectivity index (χ1v) is 9.80. The van der Waals surface area contributed by atoms with Gasteiger partial charge in [0.05, 0.1) is 15.5 Å². The van der Waals surface area contributed by atoms with E-state index in [-0.39, 0.29) is 4.90 Å². The van der Waals surface area contributed by atoms with Crippen LogP contribution in [0.4, 0.5) is 0 Å². The van der Waals surface area contributed by atoms with Gasteiger partial charge in [-0.25, -0.2) is 0 Å². The minimum absolute atomic E-state index is 0.190. The maximum Gasteiger partial charge on any atom is 0.276 e. The van der Waals surface area contributed by atoms with Crippen LogP contribution in [0.25, 0.3) is 0 Å². The molecule has 1 heterocycles. The first kappa shape index (κ1) is 17.8. The van der Waals surface area contributed by atoms with Crippen LogP contribution in [0.5, 0.6) is 0 Å². The third kappa shape index (κ3) is 3.88. The highest BCUT2D eigenvalue weighted by Gasteiger charge is 2.14. The van der Waals surface area contributed by atoms with Crippen molar-refractivity contribution in [1.82, 2.24) is 9.40 Å². The maximum atomic E-state index is 12.3. The summed E-state index contributed by atoms with van der Waals surface area (Å²) in [5, 5.41) is 4.04. The summed E-state index contributed by atoms with van der Waals surface area (Å²) < 4.78 is 27.3. The van der Waals surface area contributed by atoms with Crippen molar-refractivity contribution in [3.63, 3.8) is 0 Å². The number of benzene rings is 1. The number of nitrogens with zero attached hydrogens (tertiary/aromatic N) is 2. The summed E-state index contributed by atoms with van der Waals surface area (Å²) in [7, 11) is -3.67. The van der Waals surface area contributed by atoms with Crippen LogP contribution in [0.1, 0.15) is 30.0 Å². The molecule has 0 aliphatic carbocycles. The summed E-state index contributed by atoms with van der Waals surface area (Å²) in [6.07, 6.45) is 0. The third-order valence-corrected chi connectivity index (χ3v) is 6.34. The number of rotatable bonds is 5. The van der Waals surface area contributed by atoms with Gasteiger partial charge in [0.25, 0.3) is 10.0 Å². The predicted molar refractivity (Wildman–Crippen MR) is 97.3 cm³/mol. The number of aromatic nitrogens is 1. The Hall–Kier alpha value is -1.51. The molecule has 0 unspecified atom stereocenters. The van der Waals surface area contributed by atoms with E-state index in [0.29, 0.717) is 5.71 Å². The van der Waals surface area contributed by atoms with Crippen LogP contribution in [0, 0.1) is 17.8 Å². The van der Waals surface area contributed by atoms with Gasteiger partial charge in [0.2, 0.25) is 0 Å². The molecular formula is C15H19N3O2S3. The highest BCUT2D eigenvalue weighted by molar-refractivity contribution is 7.89. The summed E-state index contributed by atoms with van der Waals surface area (Å²) in [4.78, 5) is 3.37. The van der Waals surface area contributed by atoms with Crippen molar-refractivity contribution in [1.29, 1.82) is 0 Å². The Morgan fingerprint density at radius 1 is 1.30 bits per heavy atom. The Labute approximate surface area is 145 Å². The van der Waals surface area contributed by atoms with Crippen molar-refractivity contribution in [2.75, 3.05) is 0 Å². The first-order valence-electron chi connectivity index (χ1n) is 7.09. The highest BCUT2D eigenvalue weighted by atomic mass is 32.2. The molecule has 23 heavy (non-hydrogen) atoms. The number of nitrogens with one attached hydrogen (secondary N) is 1. The van der Waals surface area contributed by atoms with Gasteiger partial charge in [-0.15, -0.1) is 11.3 Å². The summed E-state index contributed by atoms with van der Waals surface area (Å²) in [5.74, 6) is 0. The van der Waals surface area contributed by atoms with E-state index in [2.05, 4.69) is 9.93 Å². The third-order valence-electron chi connectivity index (χ3n) is 3.45. The number of sulfonamides is 1. The van der Waals surface area contributed by atoms with E-state index in [1.54, 1.807) is 31.2 Å². The second kappa shape index (κ2) is 6.94. The molecule has 1 aromatic carbocycles. The molecule has 2 aromatic rings.